The average Bonchev–Trinajstić information content (AvgIpc) is 3.30. The molecule has 1 amide bonds. The van der Waals surface area contributed by atoms with E-state index < -0.39 is 15.9 Å². The van der Waals surface area contributed by atoms with Crippen molar-refractivity contribution in [3.8, 4) is 11.1 Å². The fourth-order valence-corrected chi connectivity index (χ4v) is 6.47. The van der Waals surface area contributed by atoms with Gasteiger partial charge in [-0.15, -0.1) is 11.3 Å². The topological polar surface area (TPSA) is 66.5 Å². The Labute approximate surface area is 208 Å². The van der Waals surface area contributed by atoms with Gasteiger partial charge in [0.25, 0.3) is 15.9 Å². The molecule has 4 aromatic rings. The van der Waals surface area contributed by atoms with Gasteiger partial charge in [-0.3, -0.25) is 9.10 Å². The van der Waals surface area contributed by atoms with Gasteiger partial charge in [-0.1, -0.05) is 71.8 Å². The van der Waals surface area contributed by atoms with E-state index in [-0.39, 0.29) is 16.3 Å². The Bertz CT molecular complexity index is 1400. The zero-order valence-corrected chi connectivity index (χ0v) is 21.0. The number of amides is 1. The van der Waals surface area contributed by atoms with E-state index in [1.807, 2.05) is 61.5 Å². The number of hydrogen-bond acceptors (Lipinski definition) is 4. The summed E-state index contributed by atoms with van der Waals surface area (Å²) in [6.07, 6.45) is 0. The van der Waals surface area contributed by atoms with Crippen molar-refractivity contribution in [2.45, 2.75) is 18.4 Å². The fourth-order valence-electron chi connectivity index (χ4n) is 3.47. The number of rotatable bonds is 7. The lowest BCUT2D eigenvalue weighted by molar-refractivity contribution is 0.0952. The summed E-state index contributed by atoms with van der Waals surface area (Å²) in [5, 5.41) is 5.17. The summed E-state index contributed by atoms with van der Waals surface area (Å²) in [4.78, 5) is 13.3. The maximum absolute atomic E-state index is 13.8. The maximum Gasteiger partial charge on any atom is 0.266 e. The number of nitrogens with zero attached hydrogens (tertiary/aromatic N) is 1. The maximum atomic E-state index is 13.8. The van der Waals surface area contributed by atoms with Crippen molar-refractivity contribution in [3.63, 3.8) is 0 Å². The van der Waals surface area contributed by atoms with E-state index in [2.05, 4.69) is 5.32 Å². The molecular weight excluding hydrogens is 488 g/mol. The molecule has 0 saturated carbocycles. The van der Waals surface area contributed by atoms with E-state index in [1.165, 1.54) is 11.4 Å². The van der Waals surface area contributed by atoms with Crippen LogP contribution in [0.2, 0.25) is 5.02 Å². The smallest absolute Gasteiger partial charge is 0.266 e. The summed E-state index contributed by atoms with van der Waals surface area (Å²) in [5.41, 5.74) is 3.63. The Morgan fingerprint density at radius 2 is 1.62 bits per heavy atom. The van der Waals surface area contributed by atoms with E-state index in [9.17, 15) is 13.2 Å². The standard InChI is InChI=1S/C26H23ClN2O3S2/c1-18-8-14-22(15-9-18)29(2)34(31,32)25-23(20-6-4-3-5-7-20)17-33-24(25)26(30)28-16-19-10-12-21(27)13-11-19/h3-15,17H,16H2,1-2H3,(H,28,30). The second-order valence-corrected chi connectivity index (χ2v) is 11.0. The van der Waals surface area contributed by atoms with Crippen LogP contribution < -0.4 is 9.62 Å². The van der Waals surface area contributed by atoms with Gasteiger partial charge in [0.15, 0.2) is 0 Å². The molecule has 1 heterocycles. The molecule has 3 aromatic carbocycles. The first-order valence-corrected chi connectivity index (χ1v) is 13.2. The second kappa shape index (κ2) is 10.0. The largest absolute Gasteiger partial charge is 0.347 e. The summed E-state index contributed by atoms with van der Waals surface area (Å²) >= 11 is 7.05. The lowest BCUT2D eigenvalue weighted by atomic mass is 10.1. The molecule has 0 bridgehead atoms. The van der Waals surface area contributed by atoms with Crippen LogP contribution in [0.1, 0.15) is 20.8 Å². The molecular formula is C26H23ClN2O3S2. The normalized spacial score (nSPS) is 11.3. The number of anilines is 1. The van der Waals surface area contributed by atoms with E-state index in [0.717, 1.165) is 28.0 Å². The Kier molecular flexibility index (Phi) is 7.07. The van der Waals surface area contributed by atoms with Crippen LogP contribution in [0, 0.1) is 6.92 Å². The van der Waals surface area contributed by atoms with Gasteiger partial charge in [-0.2, -0.15) is 0 Å². The fraction of sp³-hybridized carbons (Fsp3) is 0.115. The summed E-state index contributed by atoms with van der Waals surface area (Å²) in [5.74, 6) is -0.446. The third kappa shape index (κ3) is 5.01. The highest BCUT2D eigenvalue weighted by molar-refractivity contribution is 7.93. The van der Waals surface area contributed by atoms with E-state index in [4.69, 9.17) is 11.6 Å². The Balaban J connectivity index is 1.74. The zero-order chi connectivity index (χ0) is 24.3. The highest BCUT2D eigenvalue weighted by Gasteiger charge is 2.32. The van der Waals surface area contributed by atoms with Gasteiger partial charge >= 0.3 is 0 Å². The minimum atomic E-state index is -4.04. The van der Waals surface area contributed by atoms with Crippen LogP contribution in [0.15, 0.2) is 89.1 Å². The van der Waals surface area contributed by atoms with Gasteiger partial charge in [0, 0.05) is 29.6 Å². The first-order valence-electron chi connectivity index (χ1n) is 10.5. The Morgan fingerprint density at radius 1 is 0.971 bits per heavy atom. The molecule has 0 aliphatic heterocycles. The van der Waals surface area contributed by atoms with Gasteiger partial charge in [0.1, 0.15) is 9.77 Å². The molecule has 0 atom stereocenters. The second-order valence-electron chi connectivity index (χ2n) is 7.79. The number of sulfonamides is 1. The van der Waals surface area contributed by atoms with Gasteiger partial charge in [0.2, 0.25) is 0 Å². The van der Waals surface area contributed by atoms with Crippen molar-refractivity contribution in [2.24, 2.45) is 0 Å². The van der Waals surface area contributed by atoms with Gasteiger partial charge in [0.05, 0.1) is 5.69 Å². The number of thiophene rings is 1. The number of carbonyl (C=O) groups is 1. The molecule has 8 heteroatoms. The lowest BCUT2D eigenvalue weighted by Crippen LogP contribution is -2.30. The molecule has 174 valence electrons. The molecule has 0 saturated heterocycles. The first kappa shape index (κ1) is 24.0. The van der Waals surface area contributed by atoms with Crippen LogP contribution in [0.25, 0.3) is 11.1 Å². The monoisotopic (exact) mass is 510 g/mol. The van der Waals surface area contributed by atoms with Crippen molar-refractivity contribution in [2.75, 3.05) is 11.4 Å². The zero-order valence-electron chi connectivity index (χ0n) is 18.7. The Hall–Kier alpha value is -3.13. The lowest BCUT2D eigenvalue weighted by Gasteiger charge is -2.21. The van der Waals surface area contributed by atoms with Crippen molar-refractivity contribution in [1.29, 1.82) is 0 Å². The molecule has 1 N–H and O–H groups in total. The van der Waals surface area contributed by atoms with Crippen LogP contribution in [0.4, 0.5) is 5.69 Å². The summed E-state index contributed by atoms with van der Waals surface area (Å²) in [7, 11) is -2.54. The number of aryl methyl sites for hydroxylation is 1. The summed E-state index contributed by atoms with van der Waals surface area (Å²) in [6, 6.07) is 23.5. The molecule has 0 aliphatic rings. The molecule has 4 rings (SSSR count). The number of benzene rings is 3. The van der Waals surface area contributed by atoms with Gasteiger partial charge in [-0.25, -0.2) is 8.42 Å². The van der Waals surface area contributed by atoms with E-state index in [0.29, 0.717) is 16.3 Å². The Morgan fingerprint density at radius 3 is 2.26 bits per heavy atom. The molecule has 1 aromatic heterocycles. The van der Waals surface area contributed by atoms with Crippen LogP contribution in [0.3, 0.4) is 0 Å². The SMILES string of the molecule is Cc1ccc(N(C)S(=O)(=O)c2c(-c3ccccc3)csc2C(=O)NCc2ccc(Cl)cc2)cc1. The predicted molar refractivity (Wildman–Crippen MR) is 139 cm³/mol. The number of halogens is 1. The quantitative estimate of drug-likeness (QED) is 0.325. The minimum absolute atomic E-state index is 0.000353. The number of nitrogens with one attached hydrogen (secondary N) is 1. The van der Waals surface area contributed by atoms with Gasteiger partial charge < -0.3 is 5.32 Å². The van der Waals surface area contributed by atoms with E-state index in [1.54, 1.807) is 29.6 Å². The van der Waals surface area contributed by atoms with Crippen molar-refractivity contribution < 1.29 is 13.2 Å². The molecule has 0 aliphatic carbocycles. The van der Waals surface area contributed by atoms with Crippen molar-refractivity contribution in [3.05, 3.63) is 105 Å². The predicted octanol–water partition coefficient (Wildman–Crippen LogP) is 6.13. The van der Waals surface area contributed by atoms with Crippen LogP contribution in [-0.2, 0) is 16.6 Å². The summed E-state index contributed by atoms with van der Waals surface area (Å²) in [6.45, 7) is 2.19. The molecule has 0 fully saturated rings. The van der Waals surface area contributed by atoms with Crippen LogP contribution in [0.5, 0.6) is 0 Å². The highest BCUT2D eigenvalue weighted by atomic mass is 35.5. The molecule has 0 unspecified atom stereocenters. The number of carbonyl (C=O) groups excluding carboxylic acids is 1. The molecule has 0 radical (unpaired) electrons. The van der Waals surface area contributed by atoms with Crippen LogP contribution in [-0.4, -0.2) is 21.4 Å². The minimum Gasteiger partial charge on any atom is -0.347 e. The number of hydrogen-bond donors (Lipinski definition) is 1. The third-order valence-electron chi connectivity index (χ3n) is 5.42. The highest BCUT2D eigenvalue weighted by Crippen LogP contribution is 2.38. The average molecular weight is 511 g/mol. The van der Waals surface area contributed by atoms with Gasteiger partial charge in [-0.05, 0) is 42.3 Å². The summed E-state index contributed by atoms with van der Waals surface area (Å²) < 4.78 is 28.9. The van der Waals surface area contributed by atoms with Crippen LogP contribution >= 0.6 is 22.9 Å². The first-order chi connectivity index (χ1) is 16.3. The molecule has 34 heavy (non-hydrogen) atoms. The molecule has 0 spiro atoms. The van der Waals surface area contributed by atoms with E-state index >= 15 is 0 Å². The molecule has 5 nitrogen and oxygen atoms in total. The van der Waals surface area contributed by atoms with Crippen molar-refractivity contribution in [1.82, 2.24) is 5.32 Å². The third-order valence-corrected chi connectivity index (χ3v) is 8.65. The van der Waals surface area contributed by atoms with Crippen molar-refractivity contribution >= 4 is 44.6 Å².